The van der Waals surface area contributed by atoms with E-state index in [1.54, 1.807) is 24.4 Å². The lowest BCUT2D eigenvalue weighted by atomic mass is 9.93. The Balaban J connectivity index is 2.78. The fourth-order valence-corrected chi connectivity index (χ4v) is 2.18. The zero-order chi connectivity index (χ0) is 13.3. The van der Waals surface area contributed by atoms with E-state index >= 15 is 0 Å². The molecule has 94 valence electrons. The molecule has 0 aliphatic rings. The van der Waals surface area contributed by atoms with E-state index in [4.69, 9.17) is 11.6 Å². The monoisotopic (exact) mass is 263 g/mol. The second-order valence-electron chi connectivity index (χ2n) is 4.36. The van der Waals surface area contributed by atoms with Crippen molar-refractivity contribution in [2.75, 3.05) is 0 Å². The number of benzene rings is 1. The third-order valence-electron chi connectivity index (χ3n) is 3.22. The summed E-state index contributed by atoms with van der Waals surface area (Å²) < 4.78 is 0. The maximum absolute atomic E-state index is 11.5. The number of carboxylic acid groups (broad SMARTS) is 1. The molecular formula is C14H14ClNO2. The Kier molecular flexibility index (Phi) is 3.53. The van der Waals surface area contributed by atoms with Crippen LogP contribution < -0.4 is 0 Å². The van der Waals surface area contributed by atoms with Gasteiger partial charge in [0.2, 0.25) is 0 Å². The summed E-state index contributed by atoms with van der Waals surface area (Å²) in [5, 5.41) is 10.6. The minimum Gasteiger partial charge on any atom is -0.478 e. The van der Waals surface area contributed by atoms with E-state index in [0.717, 1.165) is 12.0 Å². The molecule has 0 amide bonds. The van der Waals surface area contributed by atoms with Crippen molar-refractivity contribution < 1.29 is 9.90 Å². The van der Waals surface area contributed by atoms with Crippen molar-refractivity contribution >= 4 is 28.5 Å². The number of carbonyl (C=O) groups is 1. The van der Waals surface area contributed by atoms with Gasteiger partial charge in [0.15, 0.2) is 0 Å². The summed E-state index contributed by atoms with van der Waals surface area (Å²) in [6.45, 7) is 4.04. The first-order valence-electron chi connectivity index (χ1n) is 5.86. The van der Waals surface area contributed by atoms with Gasteiger partial charge in [-0.3, -0.25) is 4.98 Å². The second-order valence-corrected chi connectivity index (χ2v) is 4.80. The molecule has 0 saturated heterocycles. The Morgan fingerprint density at radius 2 is 2.22 bits per heavy atom. The fraction of sp³-hybridized carbons (Fsp3) is 0.286. The number of pyridine rings is 1. The molecule has 0 saturated carbocycles. The summed E-state index contributed by atoms with van der Waals surface area (Å²) in [7, 11) is 0. The summed E-state index contributed by atoms with van der Waals surface area (Å²) in [5.41, 5.74) is 1.73. The molecule has 0 aliphatic carbocycles. The van der Waals surface area contributed by atoms with Gasteiger partial charge in [-0.1, -0.05) is 31.5 Å². The Morgan fingerprint density at radius 1 is 1.50 bits per heavy atom. The molecule has 4 heteroatoms. The van der Waals surface area contributed by atoms with Crippen LogP contribution >= 0.6 is 11.6 Å². The minimum atomic E-state index is -0.917. The molecule has 1 atom stereocenters. The van der Waals surface area contributed by atoms with Crippen LogP contribution in [0.3, 0.4) is 0 Å². The van der Waals surface area contributed by atoms with Gasteiger partial charge in [-0.15, -0.1) is 0 Å². The van der Waals surface area contributed by atoms with Crippen LogP contribution in [0.5, 0.6) is 0 Å². The summed E-state index contributed by atoms with van der Waals surface area (Å²) in [6.07, 6.45) is 2.53. The normalized spacial score (nSPS) is 12.6. The quantitative estimate of drug-likeness (QED) is 0.907. The van der Waals surface area contributed by atoms with E-state index in [0.29, 0.717) is 21.5 Å². The molecule has 1 aromatic carbocycles. The molecule has 0 fully saturated rings. The van der Waals surface area contributed by atoms with Crippen molar-refractivity contribution in [2.24, 2.45) is 0 Å². The van der Waals surface area contributed by atoms with Crippen LogP contribution in [0.2, 0.25) is 5.02 Å². The molecule has 0 bridgehead atoms. The van der Waals surface area contributed by atoms with Crippen LogP contribution in [-0.2, 0) is 0 Å². The number of halogens is 1. The average Bonchev–Trinajstić information content (AvgIpc) is 2.35. The highest BCUT2D eigenvalue weighted by Crippen LogP contribution is 2.29. The minimum absolute atomic E-state index is 0.170. The third kappa shape index (κ3) is 2.18. The van der Waals surface area contributed by atoms with Gasteiger partial charge in [-0.25, -0.2) is 4.79 Å². The molecule has 2 aromatic rings. The molecule has 1 heterocycles. The van der Waals surface area contributed by atoms with Gasteiger partial charge in [-0.2, -0.15) is 0 Å². The predicted molar refractivity (Wildman–Crippen MR) is 72.4 cm³/mol. The maximum Gasteiger partial charge on any atom is 0.336 e. The molecule has 1 aromatic heterocycles. The van der Waals surface area contributed by atoms with Gasteiger partial charge in [0.05, 0.1) is 11.1 Å². The van der Waals surface area contributed by atoms with Crippen molar-refractivity contribution in [1.29, 1.82) is 0 Å². The third-order valence-corrected chi connectivity index (χ3v) is 3.45. The first kappa shape index (κ1) is 12.8. The van der Waals surface area contributed by atoms with E-state index in [2.05, 4.69) is 4.98 Å². The Hall–Kier alpha value is -1.61. The average molecular weight is 264 g/mol. The number of rotatable bonds is 3. The summed E-state index contributed by atoms with van der Waals surface area (Å²) >= 11 is 5.89. The molecule has 0 aliphatic heterocycles. The van der Waals surface area contributed by atoms with Crippen LogP contribution in [0.25, 0.3) is 10.9 Å². The molecule has 18 heavy (non-hydrogen) atoms. The summed E-state index contributed by atoms with van der Waals surface area (Å²) in [4.78, 5) is 15.8. The number of nitrogens with zero attached hydrogens (tertiary/aromatic N) is 1. The molecule has 0 radical (unpaired) electrons. The molecule has 0 spiro atoms. The smallest absolute Gasteiger partial charge is 0.336 e. The van der Waals surface area contributed by atoms with Crippen LogP contribution in [0.1, 0.15) is 42.1 Å². The molecule has 1 N–H and O–H groups in total. The zero-order valence-electron chi connectivity index (χ0n) is 10.3. The van der Waals surface area contributed by atoms with Gasteiger partial charge in [-0.05, 0) is 30.0 Å². The van der Waals surface area contributed by atoms with E-state index in [9.17, 15) is 9.90 Å². The number of carboxylic acids is 1. The fourth-order valence-electron chi connectivity index (χ4n) is 2.01. The van der Waals surface area contributed by atoms with Gasteiger partial charge in [0.25, 0.3) is 0 Å². The highest BCUT2D eigenvalue weighted by atomic mass is 35.5. The number of hydrogen-bond acceptors (Lipinski definition) is 2. The molecular weight excluding hydrogens is 250 g/mol. The number of fused-ring (bicyclic) bond motifs is 1. The largest absolute Gasteiger partial charge is 0.478 e. The molecule has 2 rings (SSSR count). The standard InChI is InChI=1S/C14H14ClNO2/c1-3-8(2)11-7-16-12-6-9(15)4-5-10(12)13(11)14(17)18/h4-8H,3H2,1-2H3,(H,17,18). The van der Waals surface area contributed by atoms with Gasteiger partial charge < -0.3 is 5.11 Å². The highest BCUT2D eigenvalue weighted by molar-refractivity contribution is 6.31. The van der Waals surface area contributed by atoms with Crippen molar-refractivity contribution in [1.82, 2.24) is 4.98 Å². The lowest BCUT2D eigenvalue weighted by Crippen LogP contribution is -2.07. The van der Waals surface area contributed by atoms with Crippen molar-refractivity contribution in [2.45, 2.75) is 26.2 Å². The maximum atomic E-state index is 11.5. The van der Waals surface area contributed by atoms with E-state index < -0.39 is 5.97 Å². The van der Waals surface area contributed by atoms with Crippen LogP contribution in [0.4, 0.5) is 0 Å². The number of aromatic nitrogens is 1. The van der Waals surface area contributed by atoms with Crippen LogP contribution in [-0.4, -0.2) is 16.1 Å². The lowest BCUT2D eigenvalue weighted by molar-refractivity contribution is 0.0697. The van der Waals surface area contributed by atoms with Crippen LogP contribution in [0.15, 0.2) is 24.4 Å². The summed E-state index contributed by atoms with van der Waals surface area (Å²) in [6, 6.07) is 5.10. The van der Waals surface area contributed by atoms with E-state index in [-0.39, 0.29) is 5.92 Å². The zero-order valence-corrected chi connectivity index (χ0v) is 11.0. The molecule has 1 unspecified atom stereocenters. The predicted octanol–water partition coefficient (Wildman–Crippen LogP) is 4.10. The Labute approximate surface area is 110 Å². The first-order valence-corrected chi connectivity index (χ1v) is 6.23. The first-order chi connectivity index (χ1) is 8.54. The Morgan fingerprint density at radius 3 is 2.83 bits per heavy atom. The van der Waals surface area contributed by atoms with Crippen molar-refractivity contribution in [3.8, 4) is 0 Å². The van der Waals surface area contributed by atoms with Crippen molar-refractivity contribution in [3.63, 3.8) is 0 Å². The topological polar surface area (TPSA) is 50.2 Å². The van der Waals surface area contributed by atoms with E-state index in [1.165, 1.54) is 0 Å². The number of hydrogen-bond donors (Lipinski definition) is 1. The highest BCUT2D eigenvalue weighted by Gasteiger charge is 2.18. The SMILES string of the molecule is CCC(C)c1cnc2cc(Cl)ccc2c1C(=O)O. The van der Waals surface area contributed by atoms with Gasteiger partial charge >= 0.3 is 5.97 Å². The second kappa shape index (κ2) is 4.94. The van der Waals surface area contributed by atoms with E-state index in [1.807, 2.05) is 13.8 Å². The van der Waals surface area contributed by atoms with Crippen LogP contribution in [0, 0.1) is 0 Å². The van der Waals surface area contributed by atoms with Gasteiger partial charge in [0.1, 0.15) is 0 Å². The van der Waals surface area contributed by atoms with Gasteiger partial charge in [0, 0.05) is 16.6 Å². The lowest BCUT2D eigenvalue weighted by Gasteiger charge is -2.14. The summed E-state index contributed by atoms with van der Waals surface area (Å²) in [5.74, 6) is -0.747. The van der Waals surface area contributed by atoms with Crippen molar-refractivity contribution in [3.05, 3.63) is 40.5 Å². The number of aromatic carboxylic acids is 1. The molecule has 3 nitrogen and oxygen atoms in total. The Bertz CT molecular complexity index is 610.